The second kappa shape index (κ2) is 10.1. The van der Waals surface area contributed by atoms with Gasteiger partial charge in [-0.3, -0.25) is 9.78 Å². The molecule has 2 rings (SSSR count). The molecule has 1 aromatic carbocycles. The first-order valence-electron chi connectivity index (χ1n) is 8.68. The summed E-state index contributed by atoms with van der Waals surface area (Å²) in [6.07, 6.45) is 5.20. The Balaban J connectivity index is 1.84. The molecule has 0 fully saturated rings. The number of unbranched alkanes of at least 4 members (excludes halogenated alkanes) is 1. The number of anilines is 1. The molecule has 0 spiro atoms. The number of nitrogens with one attached hydrogen (secondary N) is 3. The number of carbonyl (C=O) groups excluding carboxylic acids is 2. The van der Waals surface area contributed by atoms with E-state index in [1.807, 2.05) is 0 Å². The van der Waals surface area contributed by atoms with Crippen LogP contribution in [0.1, 0.15) is 41.7 Å². The number of carbonyl (C=O) groups is 2. The zero-order valence-electron chi connectivity index (χ0n) is 14.9. The van der Waals surface area contributed by atoms with Crippen LogP contribution in [-0.4, -0.2) is 30.0 Å². The summed E-state index contributed by atoms with van der Waals surface area (Å²) < 4.78 is 0. The van der Waals surface area contributed by atoms with E-state index in [0.29, 0.717) is 24.3 Å². The minimum absolute atomic E-state index is 0.204. The fourth-order valence-corrected chi connectivity index (χ4v) is 2.28. The number of rotatable bonds is 8. The maximum Gasteiger partial charge on any atom is 0.314 e. The van der Waals surface area contributed by atoms with Gasteiger partial charge in [0, 0.05) is 42.8 Å². The Morgan fingerprint density at radius 1 is 1.08 bits per heavy atom. The molecule has 1 heterocycles. The monoisotopic (exact) mass is 355 g/mol. The first kappa shape index (κ1) is 19.4. The number of hydrogen-bond donors (Lipinski definition) is 4. The molecular formula is C19H25N5O2. The maximum atomic E-state index is 12.2. The van der Waals surface area contributed by atoms with Crippen LogP contribution in [0.2, 0.25) is 0 Å². The van der Waals surface area contributed by atoms with Crippen molar-refractivity contribution in [1.82, 2.24) is 15.6 Å². The third kappa shape index (κ3) is 6.18. The summed E-state index contributed by atoms with van der Waals surface area (Å²) in [5.74, 6) is -0.204. The van der Waals surface area contributed by atoms with Gasteiger partial charge in [0.1, 0.15) is 0 Å². The van der Waals surface area contributed by atoms with Crippen molar-refractivity contribution >= 4 is 17.6 Å². The molecule has 2 aromatic rings. The van der Waals surface area contributed by atoms with Crippen molar-refractivity contribution < 1.29 is 9.59 Å². The topological polar surface area (TPSA) is 109 Å². The van der Waals surface area contributed by atoms with E-state index in [4.69, 9.17) is 5.73 Å². The van der Waals surface area contributed by atoms with E-state index < -0.39 is 0 Å². The van der Waals surface area contributed by atoms with Gasteiger partial charge in [-0.2, -0.15) is 0 Å². The van der Waals surface area contributed by atoms with Crippen LogP contribution in [0.25, 0.3) is 0 Å². The molecule has 0 aliphatic rings. The Morgan fingerprint density at radius 3 is 2.42 bits per heavy atom. The Kier molecular flexibility index (Phi) is 7.57. The minimum Gasteiger partial charge on any atom is -0.338 e. The molecule has 5 N–H and O–H groups in total. The third-order valence-corrected chi connectivity index (χ3v) is 3.84. The fourth-order valence-electron chi connectivity index (χ4n) is 2.28. The van der Waals surface area contributed by atoms with Crippen LogP contribution in [0.3, 0.4) is 0 Å². The van der Waals surface area contributed by atoms with Gasteiger partial charge in [-0.1, -0.05) is 25.5 Å². The highest BCUT2D eigenvalue weighted by atomic mass is 16.2. The number of pyridine rings is 1. The number of hydrogen-bond acceptors (Lipinski definition) is 4. The molecule has 0 radical (unpaired) electrons. The largest absolute Gasteiger partial charge is 0.338 e. The van der Waals surface area contributed by atoms with Gasteiger partial charge in [0.15, 0.2) is 0 Å². The molecule has 1 unspecified atom stereocenters. The molecule has 7 heteroatoms. The van der Waals surface area contributed by atoms with E-state index >= 15 is 0 Å². The minimum atomic E-state index is -0.343. The molecule has 0 saturated heterocycles. The van der Waals surface area contributed by atoms with Crippen molar-refractivity contribution in [1.29, 1.82) is 0 Å². The third-order valence-electron chi connectivity index (χ3n) is 3.84. The quantitative estimate of drug-likeness (QED) is 0.545. The average Bonchev–Trinajstić information content (AvgIpc) is 2.67. The van der Waals surface area contributed by atoms with Crippen molar-refractivity contribution in [2.75, 3.05) is 18.4 Å². The lowest BCUT2D eigenvalue weighted by atomic mass is 10.1. The van der Waals surface area contributed by atoms with E-state index in [0.717, 1.165) is 18.4 Å². The standard InChI is InChI=1S/C19H25N5O2/c1-2-3-10-22-19(26)23-13-17(20)14-4-6-15(7-5-14)18(25)24-16-8-11-21-12-9-16/h4-9,11-12,17H,2-3,10,13,20H2,1H3,(H,21,24,25)(H2,22,23,26). The van der Waals surface area contributed by atoms with Crippen molar-refractivity contribution in [3.63, 3.8) is 0 Å². The SMILES string of the molecule is CCCCNC(=O)NCC(N)c1ccc(C(=O)Nc2ccncc2)cc1. The highest BCUT2D eigenvalue weighted by Gasteiger charge is 2.10. The zero-order chi connectivity index (χ0) is 18.8. The van der Waals surface area contributed by atoms with Gasteiger partial charge >= 0.3 is 6.03 Å². The lowest BCUT2D eigenvalue weighted by molar-refractivity contribution is 0.102. The van der Waals surface area contributed by atoms with Crippen LogP contribution in [0.5, 0.6) is 0 Å². The van der Waals surface area contributed by atoms with Gasteiger partial charge in [0.05, 0.1) is 0 Å². The molecule has 3 amide bonds. The van der Waals surface area contributed by atoms with Crippen LogP contribution in [-0.2, 0) is 0 Å². The maximum absolute atomic E-state index is 12.2. The molecular weight excluding hydrogens is 330 g/mol. The molecule has 138 valence electrons. The highest BCUT2D eigenvalue weighted by molar-refractivity contribution is 6.04. The van der Waals surface area contributed by atoms with E-state index in [2.05, 4.69) is 27.9 Å². The lowest BCUT2D eigenvalue weighted by Gasteiger charge is -2.14. The van der Waals surface area contributed by atoms with Gasteiger partial charge in [0.25, 0.3) is 5.91 Å². The van der Waals surface area contributed by atoms with Crippen molar-refractivity contribution in [3.8, 4) is 0 Å². The molecule has 0 bridgehead atoms. The van der Waals surface area contributed by atoms with Crippen LogP contribution >= 0.6 is 0 Å². The van der Waals surface area contributed by atoms with Gasteiger partial charge in [-0.25, -0.2) is 4.79 Å². The van der Waals surface area contributed by atoms with Crippen LogP contribution in [0.4, 0.5) is 10.5 Å². The predicted molar refractivity (Wildman–Crippen MR) is 102 cm³/mol. The summed E-state index contributed by atoms with van der Waals surface area (Å²) in [5.41, 5.74) is 8.16. The molecule has 7 nitrogen and oxygen atoms in total. The number of urea groups is 1. The smallest absolute Gasteiger partial charge is 0.314 e. The van der Waals surface area contributed by atoms with Crippen LogP contribution in [0.15, 0.2) is 48.8 Å². The van der Waals surface area contributed by atoms with Crippen LogP contribution < -0.4 is 21.7 Å². The van der Waals surface area contributed by atoms with Gasteiger partial charge in [-0.15, -0.1) is 0 Å². The van der Waals surface area contributed by atoms with Gasteiger partial charge in [0.2, 0.25) is 0 Å². The molecule has 1 aromatic heterocycles. The molecule has 26 heavy (non-hydrogen) atoms. The molecule has 0 aliphatic carbocycles. The molecule has 0 aliphatic heterocycles. The second-order valence-electron chi connectivity index (χ2n) is 5.91. The Bertz CT molecular complexity index is 704. The number of aromatic nitrogens is 1. The van der Waals surface area contributed by atoms with Gasteiger partial charge < -0.3 is 21.7 Å². The fraction of sp³-hybridized carbons (Fsp3) is 0.316. The number of nitrogens with two attached hydrogens (primary N) is 1. The summed E-state index contributed by atoms with van der Waals surface area (Å²) in [4.78, 5) is 27.8. The van der Waals surface area contributed by atoms with E-state index in [-0.39, 0.29) is 18.0 Å². The van der Waals surface area contributed by atoms with E-state index in [9.17, 15) is 9.59 Å². The second-order valence-corrected chi connectivity index (χ2v) is 5.91. The Hall–Kier alpha value is -2.93. The van der Waals surface area contributed by atoms with Crippen molar-refractivity contribution in [3.05, 3.63) is 59.9 Å². The summed E-state index contributed by atoms with van der Waals surface area (Å²) in [5, 5.41) is 8.32. The molecule has 0 saturated carbocycles. The van der Waals surface area contributed by atoms with E-state index in [1.165, 1.54) is 0 Å². The normalized spacial score (nSPS) is 11.5. The van der Waals surface area contributed by atoms with Crippen LogP contribution in [0, 0.1) is 0 Å². The zero-order valence-corrected chi connectivity index (χ0v) is 14.9. The highest BCUT2D eigenvalue weighted by Crippen LogP contribution is 2.13. The molecule has 1 atom stereocenters. The summed E-state index contributed by atoms with van der Waals surface area (Å²) >= 11 is 0. The Morgan fingerprint density at radius 2 is 1.77 bits per heavy atom. The first-order chi connectivity index (χ1) is 12.6. The van der Waals surface area contributed by atoms with E-state index in [1.54, 1.807) is 48.8 Å². The average molecular weight is 355 g/mol. The number of amides is 3. The van der Waals surface area contributed by atoms with Gasteiger partial charge in [-0.05, 0) is 36.2 Å². The first-order valence-corrected chi connectivity index (χ1v) is 8.68. The lowest BCUT2D eigenvalue weighted by Crippen LogP contribution is -2.39. The summed E-state index contributed by atoms with van der Waals surface area (Å²) in [7, 11) is 0. The summed E-state index contributed by atoms with van der Waals surface area (Å²) in [6, 6.07) is 9.90. The number of nitrogens with zero attached hydrogens (tertiary/aromatic N) is 1. The Labute approximate surface area is 153 Å². The number of benzene rings is 1. The predicted octanol–water partition coefficient (Wildman–Crippen LogP) is 2.43. The van der Waals surface area contributed by atoms with Crippen molar-refractivity contribution in [2.24, 2.45) is 5.73 Å². The van der Waals surface area contributed by atoms with Crippen molar-refractivity contribution in [2.45, 2.75) is 25.8 Å². The summed E-state index contributed by atoms with van der Waals surface area (Å²) in [6.45, 7) is 3.04.